The molecule has 2 rings (SSSR count). The predicted molar refractivity (Wildman–Crippen MR) is 67.0 cm³/mol. The van der Waals surface area contributed by atoms with Crippen molar-refractivity contribution in [3.63, 3.8) is 0 Å². The number of H-pyrrole nitrogens is 1. The Morgan fingerprint density at radius 1 is 1.50 bits per heavy atom. The number of nitrogens with zero attached hydrogens (tertiary/aromatic N) is 2. The van der Waals surface area contributed by atoms with Gasteiger partial charge < -0.3 is 9.55 Å². The monoisotopic (exact) mass is 233 g/mol. The average Bonchev–Trinajstić information content (AvgIpc) is 2.62. The first kappa shape index (κ1) is 11.1. The maximum absolute atomic E-state index is 5.28. The smallest absolute Gasteiger partial charge is 0.177 e. The third-order valence-electron chi connectivity index (χ3n) is 2.56. The minimum Gasteiger partial charge on any atom is -0.337 e. The highest BCUT2D eigenvalue weighted by Gasteiger charge is 2.07. The Morgan fingerprint density at radius 3 is 2.94 bits per heavy atom. The fraction of sp³-hybridized carbons (Fsp3) is 0.333. The summed E-state index contributed by atoms with van der Waals surface area (Å²) >= 11 is 5.28. The van der Waals surface area contributed by atoms with Crippen molar-refractivity contribution < 1.29 is 0 Å². The summed E-state index contributed by atoms with van der Waals surface area (Å²) in [5, 5.41) is 0. The molecule has 2 aromatic heterocycles. The molecule has 0 bridgehead atoms. The van der Waals surface area contributed by atoms with Crippen LogP contribution in [0.1, 0.15) is 31.0 Å². The summed E-state index contributed by atoms with van der Waals surface area (Å²) in [5.74, 6) is 0.463. The molecule has 0 radical (unpaired) electrons. The van der Waals surface area contributed by atoms with Crippen LogP contribution in [0.5, 0.6) is 0 Å². The molecular weight excluding hydrogens is 218 g/mol. The van der Waals surface area contributed by atoms with Gasteiger partial charge in [0, 0.05) is 24.3 Å². The fourth-order valence-corrected chi connectivity index (χ4v) is 1.95. The summed E-state index contributed by atoms with van der Waals surface area (Å²) in [4.78, 5) is 7.21. The van der Waals surface area contributed by atoms with Crippen molar-refractivity contribution in [3.8, 4) is 0 Å². The summed E-state index contributed by atoms with van der Waals surface area (Å²) in [5.41, 5.74) is 2.40. The quantitative estimate of drug-likeness (QED) is 0.826. The van der Waals surface area contributed by atoms with Gasteiger partial charge in [-0.1, -0.05) is 19.9 Å². The van der Waals surface area contributed by atoms with Crippen LogP contribution in [-0.4, -0.2) is 14.5 Å². The number of rotatable bonds is 3. The Bertz CT molecular complexity index is 511. The van der Waals surface area contributed by atoms with Crippen LogP contribution in [0.25, 0.3) is 0 Å². The Hall–Kier alpha value is -1.42. The van der Waals surface area contributed by atoms with Crippen molar-refractivity contribution in [3.05, 3.63) is 46.8 Å². The Labute approximate surface area is 100 Å². The zero-order chi connectivity index (χ0) is 11.5. The molecule has 0 unspecified atom stereocenters. The van der Waals surface area contributed by atoms with Crippen LogP contribution in [0.4, 0.5) is 0 Å². The highest BCUT2D eigenvalue weighted by molar-refractivity contribution is 7.71. The highest BCUT2D eigenvalue weighted by atomic mass is 32.1. The van der Waals surface area contributed by atoms with E-state index in [1.807, 2.05) is 18.5 Å². The van der Waals surface area contributed by atoms with Gasteiger partial charge in [-0.15, -0.1) is 0 Å². The summed E-state index contributed by atoms with van der Waals surface area (Å²) < 4.78 is 2.89. The second kappa shape index (κ2) is 4.61. The lowest BCUT2D eigenvalue weighted by Crippen LogP contribution is -2.05. The van der Waals surface area contributed by atoms with E-state index in [0.717, 1.165) is 11.3 Å². The molecule has 0 amide bonds. The van der Waals surface area contributed by atoms with Gasteiger partial charge in [0.05, 0.1) is 6.54 Å². The maximum Gasteiger partial charge on any atom is 0.177 e. The number of hydrogen-bond acceptors (Lipinski definition) is 2. The van der Waals surface area contributed by atoms with Crippen molar-refractivity contribution in [1.29, 1.82) is 0 Å². The van der Waals surface area contributed by atoms with Gasteiger partial charge in [-0.05, 0) is 29.8 Å². The maximum atomic E-state index is 5.28. The van der Waals surface area contributed by atoms with Crippen molar-refractivity contribution in [2.75, 3.05) is 0 Å². The third-order valence-corrected chi connectivity index (χ3v) is 2.89. The Balaban J connectivity index is 2.34. The molecule has 3 nitrogen and oxygen atoms in total. The van der Waals surface area contributed by atoms with E-state index < -0.39 is 0 Å². The SMILES string of the molecule is CC(C)c1c[nH]c(=S)n1Cc1cccnc1. The molecule has 0 saturated carbocycles. The lowest BCUT2D eigenvalue weighted by Gasteiger charge is -2.10. The number of aromatic amines is 1. The van der Waals surface area contributed by atoms with Gasteiger partial charge in [0.1, 0.15) is 0 Å². The number of nitrogens with one attached hydrogen (secondary N) is 1. The van der Waals surface area contributed by atoms with E-state index in [2.05, 4.69) is 34.4 Å². The highest BCUT2D eigenvalue weighted by Crippen LogP contribution is 2.15. The molecule has 0 saturated heterocycles. The predicted octanol–water partition coefficient (Wildman–Crippen LogP) is 3.11. The molecule has 0 aliphatic rings. The molecule has 0 aliphatic carbocycles. The van der Waals surface area contributed by atoms with Gasteiger partial charge in [-0.2, -0.15) is 0 Å². The number of imidazole rings is 1. The van der Waals surface area contributed by atoms with Crippen LogP contribution >= 0.6 is 12.2 Å². The number of pyridine rings is 1. The second-order valence-electron chi connectivity index (χ2n) is 4.12. The minimum absolute atomic E-state index is 0.463. The van der Waals surface area contributed by atoms with Gasteiger partial charge in [0.15, 0.2) is 4.77 Å². The molecule has 1 N–H and O–H groups in total. The average molecular weight is 233 g/mol. The molecule has 2 heterocycles. The van der Waals surface area contributed by atoms with Crippen molar-refractivity contribution in [1.82, 2.24) is 14.5 Å². The van der Waals surface area contributed by atoms with Crippen LogP contribution in [0.15, 0.2) is 30.7 Å². The van der Waals surface area contributed by atoms with E-state index in [4.69, 9.17) is 12.2 Å². The van der Waals surface area contributed by atoms with E-state index in [0.29, 0.717) is 5.92 Å². The molecule has 16 heavy (non-hydrogen) atoms. The number of hydrogen-bond donors (Lipinski definition) is 1. The van der Waals surface area contributed by atoms with E-state index >= 15 is 0 Å². The van der Waals surface area contributed by atoms with Gasteiger partial charge in [0.2, 0.25) is 0 Å². The van der Waals surface area contributed by atoms with Gasteiger partial charge >= 0.3 is 0 Å². The van der Waals surface area contributed by atoms with Crippen LogP contribution in [0.3, 0.4) is 0 Å². The molecule has 0 aliphatic heterocycles. The summed E-state index contributed by atoms with van der Waals surface area (Å²) in [6.07, 6.45) is 5.64. The lowest BCUT2D eigenvalue weighted by atomic mass is 10.1. The zero-order valence-corrected chi connectivity index (χ0v) is 10.3. The number of aromatic nitrogens is 3. The van der Waals surface area contributed by atoms with Crippen LogP contribution < -0.4 is 0 Å². The van der Waals surface area contributed by atoms with E-state index in [1.165, 1.54) is 11.3 Å². The molecule has 0 fully saturated rings. The van der Waals surface area contributed by atoms with E-state index in [-0.39, 0.29) is 0 Å². The normalized spacial score (nSPS) is 10.9. The van der Waals surface area contributed by atoms with Crippen LogP contribution in [0.2, 0.25) is 0 Å². The first-order valence-corrected chi connectivity index (χ1v) is 5.76. The van der Waals surface area contributed by atoms with E-state index in [1.54, 1.807) is 6.20 Å². The topological polar surface area (TPSA) is 33.6 Å². The zero-order valence-electron chi connectivity index (χ0n) is 9.47. The summed E-state index contributed by atoms with van der Waals surface area (Å²) in [6, 6.07) is 4.01. The second-order valence-corrected chi connectivity index (χ2v) is 4.51. The molecule has 2 aromatic rings. The fourth-order valence-electron chi connectivity index (χ4n) is 1.72. The molecule has 0 aromatic carbocycles. The Kier molecular flexibility index (Phi) is 3.19. The van der Waals surface area contributed by atoms with Gasteiger partial charge in [-0.3, -0.25) is 4.98 Å². The molecular formula is C12H15N3S. The van der Waals surface area contributed by atoms with Gasteiger partial charge in [0.25, 0.3) is 0 Å². The molecule has 0 atom stereocenters. The first-order chi connectivity index (χ1) is 7.68. The molecule has 4 heteroatoms. The van der Waals surface area contributed by atoms with E-state index in [9.17, 15) is 0 Å². The minimum atomic E-state index is 0.463. The molecule has 84 valence electrons. The van der Waals surface area contributed by atoms with Crippen LogP contribution in [-0.2, 0) is 6.54 Å². The standard InChI is InChI=1S/C12H15N3S/c1-9(2)11-7-14-12(16)15(11)8-10-4-3-5-13-6-10/h3-7,9H,8H2,1-2H3,(H,14,16). The van der Waals surface area contributed by atoms with Gasteiger partial charge in [-0.25, -0.2) is 0 Å². The van der Waals surface area contributed by atoms with Crippen molar-refractivity contribution in [2.45, 2.75) is 26.3 Å². The van der Waals surface area contributed by atoms with Crippen molar-refractivity contribution in [2.24, 2.45) is 0 Å². The Morgan fingerprint density at radius 2 is 2.31 bits per heavy atom. The molecule has 0 spiro atoms. The summed E-state index contributed by atoms with van der Waals surface area (Å²) in [7, 11) is 0. The third kappa shape index (κ3) is 2.22. The summed E-state index contributed by atoms with van der Waals surface area (Å²) in [6.45, 7) is 5.11. The van der Waals surface area contributed by atoms with Crippen molar-refractivity contribution >= 4 is 12.2 Å². The van der Waals surface area contributed by atoms with Crippen LogP contribution in [0, 0.1) is 4.77 Å². The lowest BCUT2D eigenvalue weighted by molar-refractivity contribution is 0.683. The first-order valence-electron chi connectivity index (χ1n) is 5.35. The largest absolute Gasteiger partial charge is 0.337 e.